The zero-order valence-corrected chi connectivity index (χ0v) is 18.3. The number of anilines is 2. The Morgan fingerprint density at radius 1 is 1.09 bits per heavy atom. The van der Waals surface area contributed by atoms with Gasteiger partial charge in [-0.2, -0.15) is 0 Å². The van der Waals surface area contributed by atoms with Gasteiger partial charge in [-0.25, -0.2) is 0 Å². The molecule has 32 heavy (non-hydrogen) atoms. The van der Waals surface area contributed by atoms with E-state index >= 15 is 0 Å². The van der Waals surface area contributed by atoms with Gasteiger partial charge in [0.05, 0.1) is 19.1 Å². The van der Waals surface area contributed by atoms with Crippen LogP contribution in [0.5, 0.6) is 5.75 Å². The van der Waals surface area contributed by atoms with Gasteiger partial charge in [-0.1, -0.05) is 24.3 Å². The highest BCUT2D eigenvalue weighted by atomic mass is 16.5. The van der Waals surface area contributed by atoms with Crippen molar-refractivity contribution < 1.29 is 9.53 Å². The van der Waals surface area contributed by atoms with Gasteiger partial charge >= 0.3 is 0 Å². The van der Waals surface area contributed by atoms with Gasteiger partial charge in [0, 0.05) is 56.0 Å². The molecular formula is C26H28N4O2. The number of carbonyl (C=O) groups excluding carboxylic acids is 1. The van der Waals surface area contributed by atoms with Crippen molar-refractivity contribution in [3.05, 3.63) is 84.2 Å². The molecule has 0 aliphatic carbocycles. The monoisotopic (exact) mass is 428 g/mol. The minimum atomic E-state index is -0.111. The van der Waals surface area contributed by atoms with E-state index in [9.17, 15) is 4.79 Å². The van der Waals surface area contributed by atoms with Crippen molar-refractivity contribution in [3.63, 3.8) is 0 Å². The van der Waals surface area contributed by atoms with Crippen LogP contribution in [-0.2, 0) is 17.8 Å². The Morgan fingerprint density at radius 3 is 2.78 bits per heavy atom. The molecule has 0 spiro atoms. The van der Waals surface area contributed by atoms with Crippen LogP contribution >= 0.6 is 0 Å². The predicted molar refractivity (Wildman–Crippen MR) is 126 cm³/mol. The van der Waals surface area contributed by atoms with Gasteiger partial charge in [-0.3, -0.25) is 9.78 Å². The number of piperazine rings is 1. The van der Waals surface area contributed by atoms with Gasteiger partial charge in [0.1, 0.15) is 5.75 Å². The summed E-state index contributed by atoms with van der Waals surface area (Å²) < 4.78 is 5.43. The average molecular weight is 429 g/mol. The molecule has 164 valence electrons. The first-order valence-electron chi connectivity index (χ1n) is 11.1. The molecule has 2 aliphatic heterocycles. The fourth-order valence-electron chi connectivity index (χ4n) is 4.92. The van der Waals surface area contributed by atoms with Crippen molar-refractivity contribution in [3.8, 4) is 5.75 Å². The standard InChI is InChI=1S/C26H28N4O2/c1-32-22-7-4-6-21(16-22)29-13-14-30-24-8-3-2-5-20(24)15-23(25(30)18-29)26(31)28-17-19-9-11-27-12-10-19/h2-12,16,23,25H,13-15,17-18H2,1H3,(H,28,31)/t23-,25+/m0/s1. The van der Waals surface area contributed by atoms with Gasteiger partial charge in [0.25, 0.3) is 0 Å². The molecule has 6 nitrogen and oxygen atoms in total. The van der Waals surface area contributed by atoms with Gasteiger partial charge < -0.3 is 19.9 Å². The van der Waals surface area contributed by atoms with E-state index < -0.39 is 0 Å². The number of para-hydroxylation sites is 1. The Hall–Kier alpha value is -3.54. The number of hydrogen-bond acceptors (Lipinski definition) is 5. The van der Waals surface area contributed by atoms with E-state index in [2.05, 4.69) is 56.5 Å². The lowest BCUT2D eigenvalue weighted by molar-refractivity contribution is -0.126. The van der Waals surface area contributed by atoms with Crippen LogP contribution in [0.4, 0.5) is 11.4 Å². The summed E-state index contributed by atoms with van der Waals surface area (Å²) in [6.07, 6.45) is 4.27. The van der Waals surface area contributed by atoms with E-state index in [-0.39, 0.29) is 17.9 Å². The number of fused-ring (bicyclic) bond motifs is 3. The number of pyridine rings is 1. The third-order valence-electron chi connectivity index (χ3n) is 6.60. The van der Waals surface area contributed by atoms with Crippen molar-refractivity contribution >= 4 is 17.3 Å². The lowest BCUT2D eigenvalue weighted by Gasteiger charge is -2.49. The molecule has 1 amide bonds. The van der Waals surface area contributed by atoms with Gasteiger partial charge in [0.15, 0.2) is 0 Å². The first-order valence-corrected chi connectivity index (χ1v) is 11.1. The Morgan fingerprint density at radius 2 is 1.94 bits per heavy atom. The van der Waals surface area contributed by atoms with E-state index in [1.54, 1.807) is 19.5 Å². The lowest BCUT2D eigenvalue weighted by Crippen LogP contribution is -2.61. The highest BCUT2D eigenvalue weighted by molar-refractivity contribution is 5.82. The third-order valence-corrected chi connectivity index (χ3v) is 6.60. The summed E-state index contributed by atoms with van der Waals surface area (Å²) in [5.41, 5.74) is 4.71. The van der Waals surface area contributed by atoms with Crippen LogP contribution in [0, 0.1) is 5.92 Å². The molecular weight excluding hydrogens is 400 g/mol. The Labute approximate surface area is 188 Å². The van der Waals surface area contributed by atoms with E-state index in [0.717, 1.165) is 43.1 Å². The van der Waals surface area contributed by atoms with Gasteiger partial charge in [0.2, 0.25) is 5.91 Å². The number of benzene rings is 2. The van der Waals surface area contributed by atoms with Crippen LogP contribution in [0.15, 0.2) is 73.1 Å². The summed E-state index contributed by atoms with van der Waals surface area (Å²) in [6, 6.07) is 20.7. The van der Waals surface area contributed by atoms with Crippen LogP contribution in [0.25, 0.3) is 0 Å². The zero-order valence-electron chi connectivity index (χ0n) is 18.3. The Balaban J connectivity index is 1.40. The summed E-state index contributed by atoms with van der Waals surface area (Å²) in [6.45, 7) is 3.11. The first-order chi connectivity index (χ1) is 15.7. The highest BCUT2D eigenvalue weighted by Gasteiger charge is 2.41. The fourth-order valence-corrected chi connectivity index (χ4v) is 4.92. The molecule has 1 fully saturated rings. The highest BCUT2D eigenvalue weighted by Crippen LogP contribution is 2.37. The van der Waals surface area contributed by atoms with Crippen LogP contribution in [0.3, 0.4) is 0 Å². The number of nitrogens with one attached hydrogen (secondary N) is 1. The minimum absolute atomic E-state index is 0.110. The summed E-state index contributed by atoms with van der Waals surface area (Å²) in [7, 11) is 1.69. The van der Waals surface area contributed by atoms with E-state index in [1.807, 2.05) is 24.3 Å². The number of aromatic nitrogens is 1. The quantitative estimate of drug-likeness (QED) is 0.676. The van der Waals surface area contributed by atoms with Gasteiger partial charge in [-0.15, -0.1) is 0 Å². The number of amides is 1. The van der Waals surface area contributed by atoms with Crippen LogP contribution in [-0.4, -0.2) is 43.7 Å². The van der Waals surface area contributed by atoms with Crippen LogP contribution in [0.2, 0.25) is 0 Å². The number of nitrogens with zero attached hydrogens (tertiary/aromatic N) is 3. The molecule has 3 heterocycles. The number of methoxy groups -OCH3 is 1. The second kappa shape index (κ2) is 8.91. The molecule has 3 aromatic rings. The van der Waals surface area contributed by atoms with Crippen molar-refractivity contribution in [2.75, 3.05) is 36.5 Å². The molecule has 0 unspecified atom stereocenters. The maximum atomic E-state index is 13.4. The normalized spacial score (nSPS) is 19.7. The summed E-state index contributed by atoms with van der Waals surface area (Å²) >= 11 is 0. The third kappa shape index (κ3) is 4.00. The number of rotatable bonds is 5. The molecule has 1 N–H and O–H groups in total. The van der Waals surface area contributed by atoms with Crippen LogP contribution in [0.1, 0.15) is 11.1 Å². The Kier molecular flexibility index (Phi) is 5.67. The average Bonchev–Trinajstić information content (AvgIpc) is 2.87. The molecule has 0 bridgehead atoms. The lowest BCUT2D eigenvalue weighted by atomic mass is 9.83. The predicted octanol–water partition coefficient (Wildman–Crippen LogP) is 3.27. The molecule has 5 rings (SSSR count). The molecule has 2 aromatic carbocycles. The number of carbonyl (C=O) groups is 1. The maximum Gasteiger partial charge on any atom is 0.225 e. The Bertz CT molecular complexity index is 1090. The second-order valence-electron chi connectivity index (χ2n) is 8.42. The fraction of sp³-hybridized carbons (Fsp3) is 0.308. The van der Waals surface area contributed by atoms with E-state index in [0.29, 0.717) is 6.54 Å². The molecule has 1 aromatic heterocycles. The number of ether oxygens (including phenoxy) is 1. The molecule has 1 saturated heterocycles. The topological polar surface area (TPSA) is 57.7 Å². The molecule has 6 heteroatoms. The zero-order chi connectivity index (χ0) is 21.9. The summed E-state index contributed by atoms with van der Waals surface area (Å²) in [4.78, 5) is 22.3. The first kappa shape index (κ1) is 20.4. The SMILES string of the molecule is COc1cccc(N2CCN3c4ccccc4C[C@H](C(=O)NCc4ccncc4)[C@H]3C2)c1. The van der Waals surface area contributed by atoms with Crippen molar-refractivity contribution in [1.29, 1.82) is 0 Å². The molecule has 2 aliphatic rings. The van der Waals surface area contributed by atoms with Crippen molar-refractivity contribution in [1.82, 2.24) is 10.3 Å². The minimum Gasteiger partial charge on any atom is -0.497 e. The smallest absolute Gasteiger partial charge is 0.225 e. The van der Waals surface area contributed by atoms with E-state index in [1.165, 1.54) is 11.3 Å². The van der Waals surface area contributed by atoms with Crippen molar-refractivity contribution in [2.45, 2.75) is 19.0 Å². The summed E-state index contributed by atoms with van der Waals surface area (Å²) in [5.74, 6) is 0.851. The largest absolute Gasteiger partial charge is 0.497 e. The molecule has 2 atom stereocenters. The van der Waals surface area contributed by atoms with Gasteiger partial charge in [-0.05, 0) is 47.9 Å². The maximum absolute atomic E-state index is 13.4. The van der Waals surface area contributed by atoms with Crippen LogP contribution < -0.4 is 19.9 Å². The van der Waals surface area contributed by atoms with Crippen molar-refractivity contribution in [2.24, 2.45) is 5.92 Å². The second-order valence-corrected chi connectivity index (χ2v) is 8.42. The number of hydrogen-bond donors (Lipinski definition) is 1. The van der Waals surface area contributed by atoms with E-state index in [4.69, 9.17) is 4.74 Å². The molecule has 0 radical (unpaired) electrons. The molecule has 0 saturated carbocycles. The summed E-state index contributed by atoms with van der Waals surface area (Å²) in [5, 5.41) is 3.17.